The van der Waals surface area contributed by atoms with Gasteiger partial charge in [-0.05, 0) is 24.5 Å². The average molecular weight is 278 g/mol. The second-order valence-electron chi connectivity index (χ2n) is 5.36. The van der Waals surface area contributed by atoms with Crippen LogP contribution in [0.4, 0.5) is 5.82 Å². The highest BCUT2D eigenvalue weighted by atomic mass is 15.1. The maximum atomic E-state index is 8.87. The van der Waals surface area contributed by atoms with Gasteiger partial charge in [0.2, 0.25) is 0 Å². The second-order valence-corrected chi connectivity index (χ2v) is 5.36. The fourth-order valence-corrected chi connectivity index (χ4v) is 2.64. The quantitative estimate of drug-likeness (QED) is 0.874. The molecule has 1 saturated heterocycles. The van der Waals surface area contributed by atoms with Crippen LogP contribution in [0.1, 0.15) is 6.42 Å². The Morgan fingerprint density at radius 3 is 2.81 bits per heavy atom. The first-order valence-electron chi connectivity index (χ1n) is 7.26. The summed E-state index contributed by atoms with van der Waals surface area (Å²) in [6, 6.07) is 16.2. The predicted octanol–water partition coefficient (Wildman–Crippen LogP) is 2.96. The zero-order valence-corrected chi connectivity index (χ0v) is 11.9. The largest absolute Gasteiger partial charge is 0.370 e. The number of aromatic nitrogens is 1. The van der Waals surface area contributed by atoms with Crippen molar-refractivity contribution in [2.75, 3.05) is 25.0 Å². The number of nitrogens with zero attached hydrogens (tertiary/aromatic N) is 3. The molecule has 0 spiro atoms. The number of hydrogen-bond acceptors (Lipinski definition) is 4. The topological polar surface area (TPSA) is 52.0 Å². The van der Waals surface area contributed by atoms with E-state index in [0.717, 1.165) is 43.1 Å². The molecule has 1 aliphatic heterocycles. The Kier molecular flexibility index (Phi) is 4.02. The van der Waals surface area contributed by atoms with Crippen molar-refractivity contribution in [3.05, 3.63) is 48.5 Å². The first kappa shape index (κ1) is 13.4. The summed E-state index contributed by atoms with van der Waals surface area (Å²) in [4.78, 5) is 6.47. The molecule has 4 nitrogen and oxygen atoms in total. The molecule has 2 aromatic rings. The van der Waals surface area contributed by atoms with Crippen LogP contribution in [-0.2, 0) is 0 Å². The summed E-state index contributed by atoms with van der Waals surface area (Å²) >= 11 is 0. The molecule has 1 fully saturated rings. The number of hydrogen-bond donors (Lipinski definition) is 1. The Labute approximate surface area is 125 Å². The Balaban J connectivity index is 1.63. The SMILES string of the molecule is N#CN1CCC(CNc2cccc(-c3ccccc3)n2)C1. The Morgan fingerprint density at radius 1 is 1.19 bits per heavy atom. The molecule has 106 valence electrons. The van der Waals surface area contributed by atoms with Gasteiger partial charge in [-0.1, -0.05) is 36.4 Å². The summed E-state index contributed by atoms with van der Waals surface area (Å²) in [5, 5.41) is 12.3. The number of benzene rings is 1. The van der Waals surface area contributed by atoms with Gasteiger partial charge in [-0.2, -0.15) is 5.26 Å². The summed E-state index contributed by atoms with van der Waals surface area (Å²) in [7, 11) is 0. The van der Waals surface area contributed by atoms with E-state index in [1.807, 2.05) is 41.3 Å². The zero-order valence-electron chi connectivity index (χ0n) is 11.9. The standard InChI is InChI=1S/C17H18N4/c18-13-21-10-9-14(12-21)11-19-17-8-4-7-16(20-17)15-5-2-1-3-6-15/h1-8,14H,9-12H2,(H,19,20). The van der Waals surface area contributed by atoms with Crippen molar-refractivity contribution in [1.29, 1.82) is 5.26 Å². The number of rotatable bonds is 4. The van der Waals surface area contributed by atoms with Crippen molar-refractivity contribution in [3.63, 3.8) is 0 Å². The van der Waals surface area contributed by atoms with E-state index in [0.29, 0.717) is 5.92 Å². The minimum absolute atomic E-state index is 0.520. The Bertz CT molecular complexity index is 633. The van der Waals surface area contributed by atoms with Crippen LogP contribution in [0.5, 0.6) is 0 Å². The fraction of sp³-hybridized carbons (Fsp3) is 0.294. The van der Waals surface area contributed by atoms with Crippen LogP contribution in [0.25, 0.3) is 11.3 Å². The summed E-state index contributed by atoms with van der Waals surface area (Å²) in [5.41, 5.74) is 2.10. The lowest BCUT2D eigenvalue weighted by molar-refractivity contribution is 0.460. The number of likely N-dealkylation sites (tertiary alicyclic amines) is 1. The lowest BCUT2D eigenvalue weighted by Crippen LogP contribution is -2.19. The average Bonchev–Trinajstić information content (AvgIpc) is 3.02. The van der Waals surface area contributed by atoms with Gasteiger partial charge in [-0.3, -0.25) is 0 Å². The molecule has 1 atom stereocenters. The molecule has 0 amide bonds. The van der Waals surface area contributed by atoms with Gasteiger partial charge in [0.05, 0.1) is 5.69 Å². The normalized spacial score (nSPS) is 17.5. The maximum Gasteiger partial charge on any atom is 0.179 e. The minimum Gasteiger partial charge on any atom is -0.370 e. The van der Waals surface area contributed by atoms with Crippen molar-refractivity contribution in [1.82, 2.24) is 9.88 Å². The lowest BCUT2D eigenvalue weighted by Gasteiger charge is -2.12. The highest BCUT2D eigenvalue weighted by Crippen LogP contribution is 2.19. The summed E-state index contributed by atoms with van der Waals surface area (Å²) in [6.07, 6.45) is 3.28. The van der Waals surface area contributed by atoms with Crippen LogP contribution in [0.3, 0.4) is 0 Å². The van der Waals surface area contributed by atoms with E-state index < -0.39 is 0 Å². The summed E-state index contributed by atoms with van der Waals surface area (Å²) < 4.78 is 0. The van der Waals surface area contributed by atoms with Gasteiger partial charge in [-0.25, -0.2) is 4.98 Å². The third kappa shape index (κ3) is 3.32. The molecule has 1 unspecified atom stereocenters. The van der Waals surface area contributed by atoms with E-state index in [4.69, 9.17) is 5.26 Å². The monoisotopic (exact) mass is 278 g/mol. The molecular weight excluding hydrogens is 260 g/mol. The van der Waals surface area contributed by atoms with Crippen molar-refractivity contribution >= 4 is 5.82 Å². The molecular formula is C17H18N4. The number of anilines is 1. The van der Waals surface area contributed by atoms with Crippen molar-refractivity contribution < 1.29 is 0 Å². The molecule has 3 rings (SSSR count). The molecule has 4 heteroatoms. The third-order valence-electron chi connectivity index (χ3n) is 3.82. The van der Waals surface area contributed by atoms with Gasteiger partial charge in [0, 0.05) is 25.2 Å². The van der Waals surface area contributed by atoms with Crippen LogP contribution < -0.4 is 5.32 Å². The van der Waals surface area contributed by atoms with Crippen molar-refractivity contribution in [2.45, 2.75) is 6.42 Å². The van der Waals surface area contributed by atoms with Crippen LogP contribution in [0, 0.1) is 17.4 Å². The smallest absolute Gasteiger partial charge is 0.179 e. The molecule has 0 saturated carbocycles. The molecule has 2 heterocycles. The molecule has 0 aliphatic carbocycles. The second kappa shape index (κ2) is 6.27. The van der Waals surface area contributed by atoms with Crippen LogP contribution in [0.15, 0.2) is 48.5 Å². The highest BCUT2D eigenvalue weighted by molar-refractivity contribution is 5.60. The van der Waals surface area contributed by atoms with Gasteiger partial charge >= 0.3 is 0 Å². The number of pyridine rings is 1. The summed E-state index contributed by atoms with van der Waals surface area (Å²) in [6.45, 7) is 2.59. The van der Waals surface area contributed by atoms with E-state index in [-0.39, 0.29) is 0 Å². The van der Waals surface area contributed by atoms with Gasteiger partial charge in [0.1, 0.15) is 5.82 Å². The van der Waals surface area contributed by atoms with Gasteiger partial charge in [-0.15, -0.1) is 0 Å². The molecule has 1 aliphatic rings. The number of nitriles is 1. The third-order valence-corrected chi connectivity index (χ3v) is 3.82. The molecule has 1 aromatic heterocycles. The lowest BCUT2D eigenvalue weighted by atomic mass is 10.1. The van der Waals surface area contributed by atoms with Crippen molar-refractivity contribution in [2.24, 2.45) is 5.92 Å². The van der Waals surface area contributed by atoms with Crippen molar-refractivity contribution in [3.8, 4) is 17.5 Å². The maximum absolute atomic E-state index is 8.87. The van der Waals surface area contributed by atoms with E-state index in [9.17, 15) is 0 Å². The van der Waals surface area contributed by atoms with Gasteiger partial charge in [0.25, 0.3) is 0 Å². The van der Waals surface area contributed by atoms with Gasteiger partial charge < -0.3 is 10.2 Å². The summed E-state index contributed by atoms with van der Waals surface area (Å²) in [5.74, 6) is 1.42. The molecule has 21 heavy (non-hydrogen) atoms. The highest BCUT2D eigenvalue weighted by Gasteiger charge is 2.21. The van der Waals surface area contributed by atoms with Gasteiger partial charge in [0.15, 0.2) is 6.19 Å². The zero-order chi connectivity index (χ0) is 14.5. The Morgan fingerprint density at radius 2 is 2.05 bits per heavy atom. The molecule has 0 bridgehead atoms. The van der Waals surface area contributed by atoms with Crippen LogP contribution in [-0.4, -0.2) is 29.5 Å². The van der Waals surface area contributed by atoms with E-state index >= 15 is 0 Å². The number of nitrogens with one attached hydrogen (secondary N) is 1. The van der Waals surface area contributed by atoms with Crippen LogP contribution in [0.2, 0.25) is 0 Å². The van der Waals surface area contributed by atoms with Crippen LogP contribution >= 0.6 is 0 Å². The first-order valence-corrected chi connectivity index (χ1v) is 7.26. The molecule has 1 N–H and O–H groups in total. The molecule has 1 aromatic carbocycles. The fourth-order valence-electron chi connectivity index (χ4n) is 2.64. The minimum atomic E-state index is 0.520. The van der Waals surface area contributed by atoms with E-state index in [1.165, 1.54) is 0 Å². The van der Waals surface area contributed by atoms with E-state index in [2.05, 4.69) is 28.6 Å². The Hall–Kier alpha value is -2.54. The predicted molar refractivity (Wildman–Crippen MR) is 83.5 cm³/mol. The first-order chi connectivity index (χ1) is 10.3. The van der Waals surface area contributed by atoms with E-state index in [1.54, 1.807) is 0 Å². The molecule has 0 radical (unpaired) electrons.